The van der Waals surface area contributed by atoms with Gasteiger partial charge in [-0.3, -0.25) is 4.57 Å². The number of benzene rings is 5. The fourth-order valence-electron chi connectivity index (χ4n) is 6.29. The Morgan fingerprint density at radius 2 is 0.923 bits per heavy atom. The third kappa shape index (κ3) is 2.89. The Morgan fingerprint density at radius 1 is 0.436 bits per heavy atom. The van der Waals surface area contributed by atoms with Crippen molar-refractivity contribution < 1.29 is 0 Å². The summed E-state index contributed by atoms with van der Waals surface area (Å²) in [5, 5.41) is 7.56. The van der Waals surface area contributed by atoms with Gasteiger partial charge in [-0.15, -0.1) is 11.3 Å². The predicted molar refractivity (Wildman–Crippen MR) is 166 cm³/mol. The quantitative estimate of drug-likeness (QED) is 0.225. The summed E-state index contributed by atoms with van der Waals surface area (Å²) in [6.07, 6.45) is 2.04. The number of rotatable bonds is 2. The molecule has 0 radical (unpaired) electrons. The third-order valence-electron chi connectivity index (χ3n) is 7.97. The van der Waals surface area contributed by atoms with Crippen LogP contribution in [0.4, 0.5) is 0 Å². The second-order valence-electron chi connectivity index (χ2n) is 10.1. The van der Waals surface area contributed by atoms with Gasteiger partial charge < -0.3 is 4.57 Å². The Hall–Kier alpha value is -4.93. The van der Waals surface area contributed by atoms with Crippen LogP contribution in [0, 0.1) is 0 Å². The zero-order valence-corrected chi connectivity index (χ0v) is 21.7. The minimum absolute atomic E-state index is 0.946. The van der Waals surface area contributed by atoms with Crippen LogP contribution >= 0.6 is 11.3 Å². The molecule has 9 rings (SSSR count). The van der Waals surface area contributed by atoms with Crippen molar-refractivity contribution in [2.45, 2.75) is 0 Å². The van der Waals surface area contributed by atoms with Gasteiger partial charge in [-0.05, 0) is 48.5 Å². The lowest BCUT2D eigenvalue weighted by molar-refractivity contribution is 1.09. The van der Waals surface area contributed by atoms with E-state index in [1.807, 2.05) is 17.5 Å². The molecule has 0 fully saturated rings. The van der Waals surface area contributed by atoms with E-state index in [0.29, 0.717) is 0 Å². The van der Waals surface area contributed by atoms with Gasteiger partial charge in [0.25, 0.3) is 0 Å². The number of hydrogen-bond acceptors (Lipinski definition) is 2. The molecular formula is C35H21N3S. The van der Waals surface area contributed by atoms with Gasteiger partial charge in [0, 0.05) is 48.9 Å². The van der Waals surface area contributed by atoms with Crippen molar-refractivity contribution >= 4 is 75.1 Å². The maximum Gasteiger partial charge on any atom is 0.138 e. The molecule has 0 aliphatic rings. The van der Waals surface area contributed by atoms with Gasteiger partial charge in [-0.25, -0.2) is 4.98 Å². The largest absolute Gasteiger partial charge is 0.309 e. The summed E-state index contributed by atoms with van der Waals surface area (Å²) in [4.78, 5) is 4.97. The molecule has 4 aromatic heterocycles. The molecule has 39 heavy (non-hydrogen) atoms. The Bertz CT molecular complexity index is 2130. The normalized spacial score (nSPS) is 12.1. The number of aromatic nitrogens is 3. The average molecular weight is 516 g/mol. The predicted octanol–water partition coefficient (Wildman–Crippen LogP) is 9.64. The van der Waals surface area contributed by atoms with Gasteiger partial charge in [-0.1, -0.05) is 72.8 Å². The lowest BCUT2D eigenvalue weighted by Gasteiger charge is -2.09. The highest BCUT2D eigenvalue weighted by atomic mass is 32.1. The van der Waals surface area contributed by atoms with Crippen molar-refractivity contribution in [3.8, 4) is 11.5 Å². The van der Waals surface area contributed by atoms with Crippen molar-refractivity contribution in [1.82, 2.24) is 14.1 Å². The van der Waals surface area contributed by atoms with E-state index in [9.17, 15) is 0 Å². The highest BCUT2D eigenvalue weighted by molar-refractivity contribution is 7.25. The molecule has 0 amide bonds. The molecule has 4 heterocycles. The lowest BCUT2D eigenvalue weighted by Crippen LogP contribution is -1.96. The minimum Gasteiger partial charge on any atom is -0.309 e. The number of para-hydroxylation sites is 4. The van der Waals surface area contributed by atoms with Gasteiger partial charge in [0.2, 0.25) is 0 Å². The molecule has 0 saturated carbocycles. The zero-order chi connectivity index (χ0) is 25.5. The van der Waals surface area contributed by atoms with Crippen LogP contribution in [0.2, 0.25) is 0 Å². The second-order valence-corrected chi connectivity index (χ2v) is 11.1. The fourth-order valence-corrected chi connectivity index (χ4v) is 7.33. The molecule has 9 aromatic rings. The number of thiophene rings is 1. The van der Waals surface area contributed by atoms with E-state index in [-0.39, 0.29) is 0 Å². The monoisotopic (exact) mass is 515 g/mol. The molecule has 5 aromatic carbocycles. The minimum atomic E-state index is 0.946. The lowest BCUT2D eigenvalue weighted by atomic mass is 10.1. The molecule has 0 N–H and O–H groups in total. The van der Waals surface area contributed by atoms with Gasteiger partial charge in [-0.2, -0.15) is 0 Å². The van der Waals surface area contributed by atoms with Crippen LogP contribution in [0.15, 0.2) is 128 Å². The Labute approximate surface area is 227 Å². The van der Waals surface area contributed by atoms with E-state index in [1.54, 1.807) is 0 Å². The van der Waals surface area contributed by atoms with Crippen LogP contribution in [-0.4, -0.2) is 14.1 Å². The summed E-state index contributed by atoms with van der Waals surface area (Å²) in [6, 6.07) is 43.7. The number of hydrogen-bond donors (Lipinski definition) is 0. The molecule has 0 spiro atoms. The second kappa shape index (κ2) is 7.79. The molecule has 0 unspecified atom stereocenters. The highest BCUT2D eigenvalue weighted by Crippen LogP contribution is 2.39. The molecule has 3 nitrogen and oxygen atoms in total. The van der Waals surface area contributed by atoms with E-state index >= 15 is 0 Å². The summed E-state index contributed by atoms with van der Waals surface area (Å²) < 4.78 is 7.16. The van der Waals surface area contributed by atoms with Crippen LogP contribution in [0.25, 0.3) is 75.3 Å². The highest BCUT2D eigenvalue weighted by Gasteiger charge is 2.16. The van der Waals surface area contributed by atoms with Crippen LogP contribution in [-0.2, 0) is 0 Å². The molecule has 0 saturated heterocycles. The summed E-state index contributed by atoms with van der Waals surface area (Å²) in [7, 11) is 0. The molecule has 0 atom stereocenters. The fraction of sp³-hybridized carbons (Fsp3) is 0. The van der Waals surface area contributed by atoms with E-state index < -0.39 is 0 Å². The van der Waals surface area contributed by atoms with Gasteiger partial charge in [0.1, 0.15) is 5.82 Å². The number of fused-ring (bicyclic) bond motifs is 9. The molecule has 0 aliphatic carbocycles. The van der Waals surface area contributed by atoms with Crippen molar-refractivity contribution in [3.05, 3.63) is 128 Å². The molecule has 0 bridgehead atoms. The standard InChI is InChI=1S/C35H21N3S/c1-5-13-29-23(9-1)24-10-2-6-14-30(24)37(29)22-17-18-33-27(19-22)28-20-35(36-21-34(28)39-33)38-31-15-7-3-11-25(31)26-12-4-8-16-32(26)38/h1-21H. The first-order valence-corrected chi connectivity index (χ1v) is 14.0. The maximum atomic E-state index is 4.97. The van der Waals surface area contributed by atoms with Crippen LogP contribution in [0.3, 0.4) is 0 Å². The Kier molecular flexibility index (Phi) is 4.21. The number of nitrogens with zero attached hydrogens (tertiary/aromatic N) is 3. The van der Waals surface area contributed by atoms with Gasteiger partial charge in [0.05, 0.1) is 26.8 Å². The summed E-state index contributed by atoms with van der Waals surface area (Å²) >= 11 is 1.81. The van der Waals surface area contributed by atoms with Crippen molar-refractivity contribution in [3.63, 3.8) is 0 Å². The topological polar surface area (TPSA) is 22.8 Å². The van der Waals surface area contributed by atoms with Crippen LogP contribution in [0.1, 0.15) is 0 Å². The van der Waals surface area contributed by atoms with Crippen LogP contribution in [0.5, 0.6) is 0 Å². The van der Waals surface area contributed by atoms with Gasteiger partial charge >= 0.3 is 0 Å². The summed E-state index contributed by atoms with van der Waals surface area (Å²) in [6.45, 7) is 0. The first-order valence-electron chi connectivity index (χ1n) is 13.1. The maximum absolute atomic E-state index is 4.97. The summed E-state index contributed by atoms with van der Waals surface area (Å²) in [5.41, 5.74) is 5.98. The van der Waals surface area contributed by atoms with Crippen molar-refractivity contribution in [1.29, 1.82) is 0 Å². The molecule has 4 heteroatoms. The number of pyridine rings is 1. The van der Waals surface area contributed by atoms with Gasteiger partial charge in [0.15, 0.2) is 0 Å². The van der Waals surface area contributed by atoms with Crippen molar-refractivity contribution in [2.24, 2.45) is 0 Å². The Balaban J connectivity index is 1.32. The molecule has 182 valence electrons. The first kappa shape index (κ1) is 21.1. The zero-order valence-electron chi connectivity index (χ0n) is 20.9. The Morgan fingerprint density at radius 3 is 1.49 bits per heavy atom. The molecule has 0 aliphatic heterocycles. The van der Waals surface area contributed by atoms with E-state index in [1.165, 1.54) is 69.5 Å². The first-order chi connectivity index (χ1) is 19.3. The summed E-state index contributed by atoms with van der Waals surface area (Å²) in [5.74, 6) is 0.946. The van der Waals surface area contributed by atoms with Crippen LogP contribution < -0.4 is 0 Å². The van der Waals surface area contributed by atoms with E-state index in [0.717, 1.165) is 5.82 Å². The van der Waals surface area contributed by atoms with E-state index in [2.05, 4.69) is 130 Å². The average Bonchev–Trinajstić information content (AvgIpc) is 3.64. The third-order valence-corrected chi connectivity index (χ3v) is 9.09. The SMILES string of the molecule is c1ccc2c(c1)c1ccccc1n2-c1ccc2sc3cnc(-n4c5ccccc5c5ccccc54)cc3c2c1. The van der Waals surface area contributed by atoms with E-state index in [4.69, 9.17) is 4.98 Å². The molecular weight excluding hydrogens is 494 g/mol. The van der Waals surface area contributed by atoms with Crippen molar-refractivity contribution in [2.75, 3.05) is 0 Å². The smallest absolute Gasteiger partial charge is 0.138 e.